The van der Waals surface area contributed by atoms with Crippen molar-refractivity contribution in [1.82, 2.24) is 20.1 Å². The largest absolute Gasteiger partial charge is 0.484 e. The first kappa shape index (κ1) is 25.3. The summed E-state index contributed by atoms with van der Waals surface area (Å²) >= 11 is 6.07. The number of hydrogen-bond acceptors (Lipinski definition) is 3. The minimum Gasteiger partial charge on any atom is -0.484 e. The van der Waals surface area contributed by atoms with Crippen LogP contribution in [-0.2, 0) is 24.8 Å². The van der Waals surface area contributed by atoms with Crippen LogP contribution >= 0.6 is 35.6 Å². The third-order valence-corrected chi connectivity index (χ3v) is 5.19. The van der Waals surface area contributed by atoms with Gasteiger partial charge >= 0.3 is 0 Å². The highest BCUT2D eigenvalue weighted by molar-refractivity contribution is 14.0. The van der Waals surface area contributed by atoms with E-state index >= 15 is 0 Å². The fraction of sp³-hybridized carbons (Fsp3) is 0.455. The summed E-state index contributed by atoms with van der Waals surface area (Å²) in [4.78, 5) is 18.1. The van der Waals surface area contributed by atoms with E-state index < -0.39 is 0 Å². The Kier molecular flexibility index (Phi) is 9.95. The molecule has 0 bridgehead atoms. The zero-order valence-corrected chi connectivity index (χ0v) is 21.3. The summed E-state index contributed by atoms with van der Waals surface area (Å²) in [6.07, 6.45) is 4.91. The third kappa shape index (κ3) is 8.25. The average Bonchev–Trinajstić information content (AvgIpc) is 3.47. The summed E-state index contributed by atoms with van der Waals surface area (Å²) in [5.41, 5.74) is 2.30. The second-order valence-corrected chi connectivity index (χ2v) is 8.05. The number of hydrogen-bond donors (Lipinski definition) is 2. The molecule has 0 unspecified atom stereocenters. The van der Waals surface area contributed by atoms with E-state index in [-0.39, 0.29) is 36.5 Å². The van der Waals surface area contributed by atoms with Crippen LogP contribution < -0.4 is 15.4 Å². The van der Waals surface area contributed by atoms with E-state index in [0.29, 0.717) is 18.3 Å². The molecule has 0 spiro atoms. The van der Waals surface area contributed by atoms with Crippen molar-refractivity contribution >= 4 is 47.4 Å². The quantitative estimate of drug-likeness (QED) is 0.281. The molecule has 3 rings (SSSR count). The number of aryl methyl sites for hydroxylation is 1. The molecule has 1 aliphatic rings. The smallest absolute Gasteiger partial charge is 0.258 e. The Morgan fingerprint density at radius 1 is 1.32 bits per heavy atom. The lowest BCUT2D eigenvalue weighted by molar-refractivity contribution is -0.123. The van der Waals surface area contributed by atoms with Crippen LogP contribution in [0.5, 0.6) is 5.75 Å². The molecule has 0 aliphatic heterocycles. The Bertz CT molecular complexity index is 881. The van der Waals surface area contributed by atoms with E-state index in [2.05, 4.69) is 20.5 Å². The Morgan fingerprint density at radius 3 is 2.61 bits per heavy atom. The molecule has 170 valence electrons. The van der Waals surface area contributed by atoms with Gasteiger partial charge in [-0.05, 0) is 43.0 Å². The van der Waals surface area contributed by atoms with Crippen LogP contribution in [0.2, 0.25) is 5.02 Å². The molecule has 2 aromatic rings. The molecule has 1 fully saturated rings. The predicted octanol–water partition coefficient (Wildman–Crippen LogP) is 3.20. The normalized spacial score (nSPS) is 13.4. The number of benzene rings is 1. The highest BCUT2D eigenvalue weighted by Gasteiger charge is 2.23. The standard InChI is InChI=1S/C22H30ClN5O2.HI/c1-24-22(28(3)14-19-12-17(23)13-27(19)2)25-11-10-16-4-8-20(9-5-16)30-15-21(29)26-18-6-7-18;/h4-5,8-9,12-13,18H,6-7,10-11,14-15H2,1-3H3,(H,24,25)(H,26,29);1H. The van der Waals surface area contributed by atoms with Gasteiger partial charge in [-0.2, -0.15) is 0 Å². The van der Waals surface area contributed by atoms with Crippen molar-refractivity contribution in [2.24, 2.45) is 12.0 Å². The summed E-state index contributed by atoms with van der Waals surface area (Å²) in [7, 11) is 5.77. The number of ether oxygens (including phenoxy) is 1. The fourth-order valence-corrected chi connectivity index (χ4v) is 3.42. The molecule has 1 heterocycles. The minimum atomic E-state index is -0.0566. The number of carbonyl (C=O) groups is 1. The third-order valence-electron chi connectivity index (χ3n) is 4.98. The second-order valence-electron chi connectivity index (χ2n) is 7.62. The van der Waals surface area contributed by atoms with Gasteiger partial charge < -0.3 is 24.8 Å². The van der Waals surface area contributed by atoms with Gasteiger partial charge in [0.15, 0.2) is 12.6 Å². The maximum Gasteiger partial charge on any atom is 0.258 e. The number of rotatable bonds is 9. The highest BCUT2D eigenvalue weighted by atomic mass is 127. The van der Waals surface area contributed by atoms with Crippen LogP contribution in [0.1, 0.15) is 24.1 Å². The summed E-state index contributed by atoms with van der Waals surface area (Å²) in [5.74, 6) is 1.47. The molecular formula is C22H31ClIN5O2. The van der Waals surface area contributed by atoms with E-state index in [1.807, 2.05) is 55.2 Å². The summed E-state index contributed by atoms with van der Waals surface area (Å²) in [6, 6.07) is 10.2. The number of guanidine groups is 1. The van der Waals surface area contributed by atoms with Gasteiger partial charge in [0.25, 0.3) is 5.91 Å². The van der Waals surface area contributed by atoms with E-state index in [1.165, 1.54) is 5.56 Å². The molecule has 0 radical (unpaired) electrons. The summed E-state index contributed by atoms with van der Waals surface area (Å²) in [6.45, 7) is 1.53. The second kappa shape index (κ2) is 12.2. The predicted molar refractivity (Wildman–Crippen MR) is 135 cm³/mol. The lowest BCUT2D eigenvalue weighted by Crippen LogP contribution is -2.39. The number of aromatic nitrogens is 1. The number of aliphatic imine (C=N–C) groups is 1. The van der Waals surface area contributed by atoms with Gasteiger partial charge in [0.2, 0.25) is 0 Å². The summed E-state index contributed by atoms with van der Waals surface area (Å²) in [5, 5.41) is 7.04. The van der Waals surface area contributed by atoms with Crippen molar-refractivity contribution in [2.45, 2.75) is 31.8 Å². The highest BCUT2D eigenvalue weighted by Crippen LogP contribution is 2.18. The van der Waals surface area contributed by atoms with Crippen molar-refractivity contribution in [3.05, 3.63) is 52.8 Å². The zero-order valence-electron chi connectivity index (χ0n) is 18.2. The van der Waals surface area contributed by atoms with Crippen LogP contribution in [0.25, 0.3) is 0 Å². The van der Waals surface area contributed by atoms with Crippen LogP contribution in [0, 0.1) is 0 Å². The van der Waals surface area contributed by atoms with Crippen molar-refractivity contribution in [3.63, 3.8) is 0 Å². The molecular weight excluding hydrogens is 529 g/mol. The van der Waals surface area contributed by atoms with Crippen molar-refractivity contribution in [3.8, 4) is 5.75 Å². The number of nitrogens with zero attached hydrogens (tertiary/aromatic N) is 3. The first-order valence-electron chi connectivity index (χ1n) is 10.2. The van der Waals surface area contributed by atoms with Crippen LogP contribution in [-0.4, -0.2) is 54.6 Å². The Hall–Kier alpha value is -1.94. The van der Waals surface area contributed by atoms with Gasteiger partial charge in [0.1, 0.15) is 5.75 Å². The van der Waals surface area contributed by atoms with Gasteiger partial charge in [0, 0.05) is 45.6 Å². The van der Waals surface area contributed by atoms with Gasteiger partial charge in [-0.1, -0.05) is 23.7 Å². The molecule has 9 heteroatoms. The van der Waals surface area contributed by atoms with E-state index in [9.17, 15) is 4.79 Å². The molecule has 1 aliphatic carbocycles. The first-order valence-corrected chi connectivity index (χ1v) is 10.6. The van der Waals surface area contributed by atoms with Gasteiger partial charge in [-0.25, -0.2) is 0 Å². The maximum atomic E-state index is 11.7. The SMILES string of the molecule is CN=C(NCCc1ccc(OCC(=O)NC2CC2)cc1)N(C)Cc1cc(Cl)cn1C.I. The number of halogens is 2. The molecule has 0 saturated heterocycles. The van der Waals surface area contributed by atoms with Crippen molar-refractivity contribution < 1.29 is 9.53 Å². The van der Waals surface area contributed by atoms with Crippen molar-refractivity contribution in [2.75, 3.05) is 27.2 Å². The summed E-state index contributed by atoms with van der Waals surface area (Å²) < 4.78 is 7.57. The molecule has 1 aromatic carbocycles. The topological polar surface area (TPSA) is 70.9 Å². The van der Waals surface area contributed by atoms with Gasteiger partial charge in [-0.3, -0.25) is 9.79 Å². The minimum absolute atomic E-state index is 0. The van der Waals surface area contributed by atoms with E-state index in [4.69, 9.17) is 16.3 Å². The maximum absolute atomic E-state index is 11.7. The van der Waals surface area contributed by atoms with E-state index in [1.54, 1.807) is 7.05 Å². The molecule has 2 N–H and O–H groups in total. The van der Waals surface area contributed by atoms with Crippen LogP contribution in [0.4, 0.5) is 0 Å². The lowest BCUT2D eigenvalue weighted by Gasteiger charge is -2.22. The molecule has 0 atom stereocenters. The lowest BCUT2D eigenvalue weighted by atomic mass is 10.1. The Labute approximate surface area is 206 Å². The molecule has 1 aromatic heterocycles. The number of amides is 1. The number of carbonyl (C=O) groups excluding carboxylic acids is 1. The fourth-order valence-electron chi connectivity index (χ4n) is 3.14. The van der Waals surface area contributed by atoms with Gasteiger partial charge in [-0.15, -0.1) is 24.0 Å². The average molecular weight is 560 g/mol. The van der Waals surface area contributed by atoms with Gasteiger partial charge in [0.05, 0.1) is 11.6 Å². The molecule has 31 heavy (non-hydrogen) atoms. The molecule has 7 nitrogen and oxygen atoms in total. The van der Waals surface area contributed by atoms with E-state index in [0.717, 1.165) is 42.5 Å². The monoisotopic (exact) mass is 559 g/mol. The molecule has 1 saturated carbocycles. The first-order chi connectivity index (χ1) is 14.4. The molecule has 1 amide bonds. The zero-order chi connectivity index (χ0) is 21.5. The Balaban J connectivity index is 0.00000341. The van der Waals surface area contributed by atoms with Crippen LogP contribution in [0.3, 0.4) is 0 Å². The van der Waals surface area contributed by atoms with Crippen LogP contribution in [0.15, 0.2) is 41.5 Å². The Morgan fingerprint density at radius 2 is 2.03 bits per heavy atom. The van der Waals surface area contributed by atoms with Crippen molar-refractivity contribution in [1.29, 1.82) is 0 Å². The number of nitrogens with one attached hydrogen (secondary N) is 2.